The molecule has 0 bridgehead atoms. The molecule has 0 aliphatic heterocycles. The van der Waals surface area contributed by atoms with E-state index in [-0.39, 0.29) is 11.8 Å². The zero-order valence-corrected chi connectivity index (χ0v) is 9.65. The molecule has 0 saturated heterocycles. The Labute approximate surface area is 103 Å². The molecule has 6 heteroatoms. The zero-order valence-electron chi connectivity index (χ0n) is 8.89. The molecule has 0 aliphatic carbocycles. The van der Waals surface area contributed by atoms with Crippen LogP contribution in [0.4, 0.5) is 17.2 Å². The fourth-order valence-corrected chi connectivity index (χ4v) is 1.49. The van der Waals surface area contributed by atoms with Gasteiger partial charge in [0.05, 0.1) is 6.61 Å². The topological polar surface area (TPSA) is 84.1 Å². The van der Waals surface area contributed by atoms with Gasteiger partial charge in [0, 0.05) is 5.69 Å². The fourth-order valence-electron chi connectivity index (χ4n) is 1.36. The van der Waals surface area contributed by atoms with E-state index in [1.165, 1.54) is 6.33 Å². The molecule has 0 aliphatic rings. The van der Waals surface area contributed by atoms with Gasteiger partial charge < -0.3 is 16.2 Å². The first kappa shape index (κ1) is 11.6. The quantitative estimate of drug-likeness (QED) is 0.725. The second-order valence-corrected chi connectivity index (χ2v) is 3.77. The van der Waals surface area contributed by atoms with Gasteiger partial charge in [0.2, 0.25) is 0 Å². The number of nitrogen functional groups attached to an aromatic ring is 1. The molecule has 1 aromatic carbocycles. The first-order chi connectivity index (χ1) is 8.20. The number of anilines is 3. The highest BCUT2D eigenvalue weighted by Crippen LogP contribution is 2.25. The number of hydrogen-bond acceptors (Lipinski definition) is 5. The summed E-state index contributed by atoms with van der Waals surface area (Å²) >= 11 is 5.78. The van der Waals surface area contributed by atoms with Crippen LogP contribution in [0.15, 0.2) is 30.6 Å². The summed E-state index contributed by atoms with van der Waals surface area (Å²) in [4.78, 5) is 7.76. The Kier molecular flexibility index (Phi) is 3.41. The molecule has 0 fully saturated rings. The summed E-state index contributed by atoms with van der Waals surface area (Å²) < 4.78 is 0. The van der Waals surface area contributed by atoms with Gasteiger partial charge in [0.25, 0.3) is 0 Å². The summed E-state index contributed by atoms with van der Waals surface area (Å²) in [6.07, 6.45) is 1.33. The van der Waals surface area contributed by atoms with E-state index in [4.69, 9.17) is 22.4 Å². The van der Waals surface area contributed by atoms with Crippen LogP contribution in [-0.4, -0.2) is 15.1 Å². The van der Waals surface area contributed by atoms with Crippen LogP contribution in [0.2, 0.25) is 5.15 Å². The standard InChI is InChI=1S/C11H11ClN4O/c12-10-9(13)11(15-6-14-10)16-8-3-1-2-7(4-8)5-17/h1-4,6,17H,5,13H2,(H,14,15,16). The number of benzene rings is 1. The van der Waals surface area contributed by atoms with Gasteiger partial charge in [0.15, 0.2) is 11.0 Å². The van der Waals surface area contributed by atoms with E-state index >= 15 is 0 Å². The van der Waals surface area contributed by atoms with Gasteiger partial charge in [-0.1, -0.05) is 23.7 Å². The molecule has 17 heavy (non-hydrogen) atoms. The Bertz CT molecular complexity index is 533. The molecular formula is C11H11ClN4O. The minimum absolute atomic E-state index is 0.0183. The molecule has 88 valence electrons. The van der Waals surface area contributed by atoms with E-state index in [1.807, 2.05) is 18.2 Å². The van der Waals surface area contributed by atoms with Crippen molar-refractivity contribution in [3.8, 4) is 0 Å². The highest BCUT2D eigenvalue weighted by atomic mass is 35.5. The summed E-state index contributed by atoms with van der Waals surface area (Å²) in [5.41, 5.74) is 7.60. The van der Waals surface area contributed by atoms with Crippen LogP contribution in [0, 0.1) is 0 Å². The molecule has 5 nitrogen and oxygen atoms in total. The smallest absolute Gasteiger partial charge is 0.158 e. The molecule has 2 aromatic rings. The van der Waals surface area contributed by atoms with Crippen LogP contribution < -0.4 is 11.1 Å². The maximum Gasteiger partial charge on any atom is 0.158 e. The zero-order chi connectivity index (χ0) is 12.3. The minimum atomic E-state index is -0.0183. The molecular weight excluding hydrogens is 240 g/mol. The Hall–Kier alpha value is -1.85. The van der Waals surface area contributed by atoms with E-state index in [9.17, 15) is 0 Å². The first-order valence-electron chi connectivity index (χ1n) is 4.93. The van der Waals surface area contributed by atoms with Crippen molar-refractivity contribution in [3.05, 3.63) is 41.3 Å². The number of nitrogens with one attached hydrogen (secondary N) is 1. The third-order valence-corrected chi connectivity index (χ3v) is 2.51. The van der Waals surface area contributed by atoms with Gasteiger partial charge in [-0.3, -0.25) is 0 Å². The second-order valence-electron chi connectivity index (χ2n) is 3.41. The highest BCUT2D eigenvalue weighted by Gasteiger charge is 2.06. The summed E-state index contributed by atoms with van der Waals surface area (Å²) in [7, 11) is 0. The molecule has 1 heterocycles. The van der Waals surface area contributed by atoms with E-state index < -0.39 is 0 Å². The van der Waals surface area contributed by atoms with Crippen LogP contribution >= 0.6 is 11.6 Å². The number of aliphatic hydroxyl groups excluding tert-OH is 1. The van der Waals surface area contributed by atoms with Crippen molar-refractivity contribution < 1.29 is 5.11 Å². The third-order valence-electron chi connectivity index (χ3n) is 2.21. The maximum absolute atomic E-state index is 9.03. The fraction of sp³-hybridized carbons (Fsp3) is 0.0909. The SMILES string of the molecule is Nc1c(Cl)ncnc1Nc1cccc(CO)c1. The molecule has 0 radical (unpaired) electrons. The van der Waals surface area contributed by atoms with E-state index in [0.717, 1.165) is 11.3 Å². The minimum Gasteiger partial charge on any atom is -0.393 e. The molecule has 0 unspecified atom stereocenters. The van der Waals surface area contributed by atoms with Crippen molar-refractivity contribution in [3.63, 3.8) is 0 Å². The Morgan fingerprint density at radius 3 is 2.94 bits per heavy atom. The van der Waals surface area contributed by atoms with Gasteiger partial charge in [-0.15, -0.1) is 0 Å². The van der Waals surface area contributed by atoms with Crippen LogP contribution in [0.3, 0.4) is 0 Å². The maximum atomic E-state index is 9.03. The van der Waals surface area contributed by atoms with Gasteiger partial charge in [-0.2, -0.15) is 0 Å². The Morgan fingerprint density at radius 1 is 1.35 bits per heavy atom. The van der Waals surface area contributed by atoms with Crippen molar-refractivity contribution in [2.24, 2.45) is 0 Å². The molecule has 0 saturated carbocycles. The van der Waals surface area contributed by atoms with Crippen molar-refractivity contribution in [1.29, 1.82) is 0 Å². The van der Waals surface area contributed by atoms with E-state index in [2.05, 4.69) is 15.3 Å². The number of nitrogens with two attached hydrogens (primary N) is 1. The van der Waals surface area contributed by atoms with Crippen molar-refractivity contribution in [2.45, 2.75) is 6.61 Å². The molecule has 0 amide bonds. The van der Waals surface area contributed by atoms with Crippen LogP contribution in [0.1, 0.15) is 5.56 Å². The van der Waals surface area contributed by atoms with Crippen LogP contribution in [-0.2, 0) is 6.61 Å². The lowest BCUT2D eigenvalue weighted by molar-refractivity contribution is 0.282. The lowest BCUT2D eigenvalue weighted by Gasteiger charge is -2.09. The normalized spacial score (nSPS) is 10.2. The highest BCUT2D eigenvalue weighted by molar-refractivity contribution is 6.32. The van der Waals surface area contributed by atoms with Gasteiger partial charge in [0.1, 0.15) is 12.0 Å². The number of rotatable bonds is 3. The summed E-state index contributed by atoms with van der Waals surface area (Å²) in [5.74, 6) is 0.445. The average molecular weight is 251 g/mol. The Balaban J connectivity index is 2.28. The van der Waals surface area contributed by atoms with E-state index in [1.54, 1.807) is 6.07 Å². The molecule has 0 spiro atoms. The first-order valence-corrected chi connectivity index (χ1v) is 5.31. The predicted molar refractivity (Wildman–Crippen MR) is 67.1 cm³/mol. The number of halogens is 1. The number of nitrogens with zero attached hydrogens (tertiary/aromatic N) is 2. The molecule has 2 rings (SSSR count). The van der Waals surface area contributed by atoms with Gasteiger partial charge in [-0.05, 0) is 17.7 Å². The van der Waals surface area contributed by atoms with Crippen LogP contribution in [0.5, 0.6) is 0 Å². The van der Waals surface area contributed by atoms with E-state index in [0.29, 0.717) is 11.5 Å². The Morgan fingerprint density at radius 2 is 2.18 bits per heavy atom. The third kappa shape index (κ3) is 2.64. The monoisotopic (exact) mass is 250 g/mol. The molecule has 4 N–H and O–H groups in total. The van der Waals surface area contributed by atoms with Gasteiger partial charge in [-0.25, -0.2) is 9.97 Å². The summed E-state index contributed by atoms with van der Waals surface area (Å²) in [6, 6.07) is 7.29. The van der Waals surface area contributed by atoms with Gasteiger partial charge >= 0.3 is 0 Å². The number of aromatic nitrogens is 2. The lowest BCUT2D eigenvalue weighted by atomic mass is 10.2. The predicted octanol–water partition coefficient (Wildman–Crippen LogP) is 1.95. The van der Waals surface area contributed by atoms with Crippen LogP contribution in [0.25, 0.3) is 0 Å². The van der Waals surface area contributed by atoms with Crippen molar-refractivity contribution >= 4 is 28.8 Å². The summed E-state index contributed by atoms with van der Waals surface area (Å²) in [6.45, 7) is -0.0183. The average Bonchev–Trinajstić information content (AvgIpc) is 2.35. The lowest BCUT2D eigenvalue weighted by Crippen LogP contribution is -2.01. The molecule has 0 atom stereocenters. The summed E-state index contributed by atoms with van der Waals surface area (Å²) in [5, 5.41) is 12.3. The number of aliphatic hydroxyl groups is 1. The second kappa shape index (κ2) is 4.99. The molecule has 1 aromatic heterocycles. The van der Waals surface area contributed by atoms with Crippen molar-refractivity contribution in [1.82, 2.24) is 9.97 Å². The number of hydrogen-bond donors (Lipinski definition) is 3. The largest absolute Gasteiger partial charge is 0.393 e. The van der Waals surface area contributed by atoms with Crippen molar-refractivity contribution in [2.75, 3.05) is 11.1 Å².